The molecule has 2 heterocycles. The third-order valence-corrected chi connectivity index (χ3v) is 2.70. The number of aliphatic hydroxyl groups is 1. The van der Waals surface area contributed by atoms with E-state index in [1.807, 2.05) is 0 Å². The fourth-order valence-corrected chi connectivity index (χ4v) is 1.92. The molecule has 0 bridgehead atoms. The lowest BCUT2D eigenvalue weighted by molar-refractivity contribution is -0.132. The highest BCUT2D eigenvalue weighted by Crippen LogP contribution is 2.27. The summed E-state index contributed by atoms with van der Waals surface area (Å²) in [5, 5.41) is 21.6. The second kappa shape index (κ2) is 3.42. The van der Waals surface area contributed by atoms with E-state index in [4.69, 9.17) is 5.11 Å². The number of aliphatic imine (C=N–C) groups is 1. The third-order valence-electron chi connectivity index (χ3n) is 2.70. The van der Waals surface area contributed by atoms with Gasteiger partial charge in [-0.1, -0.05) is 0 Å². The fourth-order valence-electron chi connectivity index (χ4n) is 1.92. The maximum absolute atomic E-state index is 10.7. The number of piperidine rings is 1. The quantitative estimate of drug-likeness (QED) is 0.549. The number of rotatable bonds is 1. The Morgan fingerprint density at radius 3 is 3.14 bits per heavy atom. The van der Waals surface area contributed by atoms with Crippen LogP contribution < -0.4 is 5.32 Å². The van der Waals surface area contributed by atoms with E-state index >= 15 is 0 Å². The van der Waals surface area contributed by atoms with Gasteiger partial charge in [-0.2, -0.15) is 0 Å². The van der Waals surface area contributed by atoms with Crippen molar-refractivity contribution in [3.63, 3.8) is 0 Å². The Hall–Kier alpha value is -1.36. The van der Waals surface area contributed by atoms with Gasteiger partial charge in [0.25, 0.3) is 0 Å². The van der Waals surface area contributed by atoms with E-state index in [9.17, 15) is 9.90 Å². The Kier molecular flexibility index (Phi) is 2.25. The summed E-state index contributed by atoms with van der Waals surface area (Å²) in [4.78, 5) is 14.8. The maximum Gasteiger partial charge on any atom is 0.340 e. The fraction of sp³-hybridized carbons (Fsp3) is 0.556. The smallest absolute Gasteiger partial charge is 0.340 e. The first-order chi connectivity index (χ1) is 6.70. The Bertz CT molecular complexity index is 322. The number of carboxylic acid groups (broad SMARTS) is 1. The summed E-state index contributed by atoms with van der Waals surface area (Å²) in [6.07, 6.45) is 2.00. The zero-order valence-corrected chi connectivity index (χ0v) is 7.60. The summed E-state index contributed by atoms with van der Waals surface area (Å²) in [5.41, 5.74) is -0.0619. The molecule has 1 saturated heterocycles. The summed E-state index contributed by atoms with van der Waals surface area (Å²) >= 11 is 0. The zero-order valence-electron chi connectivity index (χ0n) is 7.60. The summed E-state index contributed by atoms with van der Waals surface area (Å²) in [7, 11) is 0. The van der Waals surface area contributed by atoms with Gasteiger partial charge in [0.05, 0.1) is 6.04 Å². The van der Waals surface area contributed by atoms with Crippen molar-refractivity contribution in [3.8, 4) is 0 Å². The minimum atomic E-state index is -1.11. The van der Waals surface area contributed by atoms with Crippen LogP contribution in [0.25, 0.3) is 0 Å². The number of hydrogen-bond acceptors (Lipinski definition) is 4. The topological polar surface area (TPSA) is 81.9 Å². The Labute approximate surface area is 81.2 Å². The van der Waals surface area contributed by atoms with E-state index < -0.39 is 5.97 Å². The van der Waals surface area contributed by atoms with Crippen molar-refractivity contribution in [2.75, 3.05) is 13.1 Å². The molecule has 0 spiro atoms. The molecule has 5 nitrogen and oxygen atoms in total. The average molecular weight is 196 g/mol. The van der Waals surface area contributed by atoms with Crippen LogP contribution in [0, 0.1) is 5.92 Å². The number of carboxylic acids is 1. The third kappa shape index (κ3) is 1.39. The van der Waals surface area contributed by atoms with Crippen molar-refractivity contribution >= 4 is 12.2 Å². The molecule has 2 aliphatic heterocycles. The van der Waals surface area contributed by atoms with Gasteiger partial charge < -0.3 is 15.5 Å². The van der Waals surface area contributed by atoms with E-state index in [0.717, 1.165) is 13.0 Å². The Balaban J connectivity index is 2.29. The van der Waals surface area contributed by atoms with E-state index in [0.29, 0.717) is 6.54 Å². The standard InChI is InChI=1S/C9H12N2O3/c12-8-5-1-2-10-4-7(5)11-3-6(8)9(13)14/h3,5,7,10,12H,1-2,4H2,(H,13,14). The van der Waals surface area contributed by atoms with E-state index in [2.05, 4.69) is 10.3 Å². The first kappa shape index (κ1) is 9.21. The first-order valence-corrected chi connectivity index (χ1v) is 4.60. The summed E-state index contributed by atoms with van der Waals surface area (Å²) < 4.78 is 0. The van der Waals surface area contributed by atoms with Crippen molar-refractivity contribution in [2.45, 2.75) is 12.5 Å². The average Bonchev–Trinajstić information content (AvgIpc) is 2.18. The molecule has 1 fully saturated rings. The number of aliphatic hydroxyl groups excluding tert-OH is 1. The van der Waals surface area contributed by atoms with Crippen LogP contribution in [-0.2, 0) is 4.79 Å². The van der Waals surface area contributed by atoms with E-state index in [1.165, 1.54) is 6.21 Å². The van der Waals surface area contributed by atoms with E-state index in [1.54, 1.807) is 0 Å². The van der Waals surface area contributed by atoms with Gasteiger partial charge in [-0.05, 0) is 13.0 Å². The Morgan fingerprint density at radius 2 is 2.43 bits per heavy atom. The lowest BCUT2D eigenvalue weighted by Crippen LogP contribution is -2.42. The van der Waals surface area contributed by atoms with Gasteiger partial charge in [0.15, 0.2) is 0 Å². The second-order valence-electron chi connectivity index (χ2n) is 3.55. The Morgan fingerprint density at radius 1 is 1.64 bits per heavy atom. The number of nitrogens with zero attached hydrogens (tertiary/aromatic N) is 1. The normalized spacial score (nSPS) is 31.4. The molecule has 2 rings (SSSR count). The number of aliphatic carboxylic acids is 1. The number of nitrogens with one attached hydrogen (secondary N) is 1. The molecule has 0 aliphatic carbocycles. The minimum Gasteiger partial charge on any atom is -0.511 e. The summed E-state index contributed by atoms with van der Waals surface area (Å²) in [5.74, 6) is -1.24. The second-order valence-corrected chi connectivity index (χ2v) is 3.55. The number of hydrogen-bond donors (Lipinski definition) is 3. The van der Waals surface area contributed by atoms with Crippen molar-refractivity contribution in [3.05, 3.63) is 11.3 Å². The van der Waals surface area contributed by atoms with Crippen LogP contribution in [0.2, 0.25) is 0 Å². The number of carbonyl (C=O) groups is 1. The van der Waals surface area contributed by atoms with Gasteiger partial charge in [0.2, 0.25) is 0 Å². The van der Waals surface area contributed by atoms with Gasteiger partial charge in [0.1, 0.15) is 11.3 Å². The molecule has 2 atom stereocenters. The molecule has 3 N–H and O–H groups in total. The monoisotopic (exact) mass is 196 g/mol. The van der Waals surface area contributed by atoms with Crippen LogP contribution in [0.4, 0.5) is 0 Å². The van der Waals surface area contributed by atoms with E-state index in [-0.39, 0.29) is 23.3 Å². The molecule has 0 aromatic heterocycles. The van der Waals surface area contributed by atoms with Crippen LogP contribution in [-0.4, -0.2) is 41.5 Å². The van der Waals surface area contributed by atoms with Gasteiger partial charge in [0, 0.05) is 18.7 Å². The van der Waals surface area contributed by atoms with Crippen molar-refractivity contribution in [1.29, 1.82) is 0 Å². The minimum absolute atomic E-state index is 0.00755. The van der Waals surface area contributed by atoms with Crippen molar-refractivity contribution in [1.82, 2.24) is 5.32 Å². The lowest BCUT2D eigenvalue weighted by atomic mass is 9.87. The van der Waals surface area contributed by atoms with Gasteiger partial charge >= 0.3 is 5.97 Å². The number of fused-ring (bicyclic) bond motifs is 1. The molecule has 0 amide bonds. The first-order valence-electron chi connectivity index (χ1n) is 4.60. The molecule has 0 radical (unpaired) electrons. The summed E-state index contributed by atoms with van der Waals surface area (Å²) in [6.45, 7) is 1.51. The highest BCUT2D eigenvalue weighted by Gasteiger charge is 2.33. The lowest BCUT2D eigenvalue weighted by Gasteiger charge is -2.31. The van der Waals surface area contributed by atoms with Crippen molar-refractivity contribution < 1.29 is 15.0 Å². The highest BCUT2D eigenvalue weighted by atomic mass is 16.4. The van der Waals surface area contributed by atoms with Crippen LogP contribution in [0.3, 0.4) is 0 Å². The number of dihydropyridines is 1. The van der Waals surface area contributed by atoms with Gasteiger partial charge in [-0.3, -0.25) is 4.99 Å². The van der Waals surface area contributed by atoms with Crippen LogP contribution in [0.15, 0.2) is 16.3 Å². The molecule has 5 heteroatoms. The zero-order chi connectivity index (χ0) is 10.1. The molecular formula is C9H12N2O3. The predicted octanol–water partition coefficient (Wildman–Crippen LogP) is -0.0544. The van der Waals surface area contributed by atoms with Crippen LogP contribution >= 0.6 is 0 Å². The van der Waals surface area contributed by atoms with Crippen molar-refractivity contribution in [2.24, 2.45) is 10.9 Å². The van der Waals surface area contributed by atoms with Crippen LogP contribution in [0.1, 0.15) is 6.42 Å². The molecule has 2 aliphatic rings. The SMILES string of the molecule is O=C(O)C1=C(O)C2CCNCC2N=C1. The summed E-state index contributed by atoms with van der Waals surface area (Å²) in [6, 6.07) is -0.00755. The van der Waals surface area contributed by atoms with Gasteiger partial charge in [-0.15, -0.1) is 0 Å². The molecule has 0 aromatic carbocycles. The molecule has 2 unspecified atom stereocenters. The predicted molar refractivity (Wildman–Crippen MR) is 50.5 cm³/mol. The largest absolute Gasteiger partial charge is 0.511 e. The molecular weight excluding hydrogens is 184 g/mol. The van der Waals surface area contributed by atoms with Gasteiger partial charge in [-0.25, -0.2) is 4.79 Å². The highest BCUT2D eigenvalue weighted by molar-refractivity contribution is 6.09. The van der Waals surface area contributed by atoms with Crippen LogP contribution in [0.5, 0.6) is 0 Å². The maximum atomic E-state index is 10.7. The molecule has 0 saturated carbocycles. The molecule has 0 aromatic rings. The molecule has 14 heavy (non-hydrogen) atoms. The molecule has 76 valence electrons.